The van der Waals surface area contributed by atoms with E-state index in [2.05, 4.69) is 10.6 Å². The molecule has 2 N–H and O–H groups in total. The highest BCUT2D eigenvalue weighted by Crippen LogP contribution is 2.23. The van der Waals surface area contributed by atoms with E-state index < -0.39 is 24.5 Å². The van der Waals surface area contributed by atoms with Gasteiger partial charge in [0.1, 0.15) is 0 Å². The summed E-state index contributed by atoms with van der Waals surface area (Å²) >= 11 is 6.11. The zero-order valence-electron chi connectivity index (χ0n) is 17.5. The predicted octanol–water partition coefficient (Wildman–Crippen LogP) is 4.69. The minimum Gasteiger partial charge on any atom is -0.455 e. The van der Waals surface area contributed by atoms with Gasteiger partial charge in [-0.1, -0.05) is 66.2 Å². The summed E-state index contributed by atoms with van der Waals surface area (Å²) in [5.41, 5.74) is 2.64. The first-order valence-electron chi connectivity index (χ1n) is 10.0. The molecule has 0 aromatic heterocycles. The van der Waals surface area contributed by atoms with Crippen LogP contribution in [0.25, 0.3) is 0 Å². The Kier molecular flexibility index (Phi) is 8.00. The van der Waals surface area contributed by atoms with E-state index in [1.165, 1.54) is 0 Å². The minimum absolute atomic E-state index is 0.124. The van der Waals surface area contributed by atoms with Crippen LogP contribution in [-0.4, -0.2) is 24.4 Å². The zero-order valence-corrected chi connectivity index (χ0v) is 18.3. The number of aryl methyl sites for hydroxylation is 1. The molecule has 0 fully saturated rings. The average Bonchev–Trinajstić information content (AvgIpc) is 2.80. The lowest BCUT2D eigenvalue weighted by atomic mass is 10.0. The number of halogens is 1. The van der Waals surface area contributed by atoms with Gasteiger partial charge in [0.15, 0.2) is 6.61 Å². The number of amides is 2. The molecule has 2 amide bonds. The summed E-state index contributed by atoms with van der Waals surface area (Å²) in [6, 6.07) is 22.5. The van der Waals surface area contributed by atoms with Crippen LogP contribution in [0.5, 0.6) is 0 Å². The van der Waals surface area contributed by atoms with Gasteiger partial charge in [-0.25, -0.2) is 0 Å². The molecular weight excluding hydrogens is 428 g/mol. The highest BCUT2D eigenvalue weighted by molar-refractivity contribution is 6.33. The van der Waals surface area contributed by atoms with Gasteiger partial charge in [0.25, 0.3) is 11.8 Å². The van der Waals surface area contributed by atoms with Crippen molar-refractivity contribution in [2.75, 3.05) is 11.9 Å². The molecule has 32 heavy (non-hydrogen) atoms. The van der Waals surface area contributed by atoms with E-state index in [1.807, 2.05) is 49.4 Å². The first-order valence-corrected chi connectivity index (χ1v) is 10.4. The van der Waals surface area contributed by atoms with Gasteiger partial charge >= 0.3 is 5.97 Å². The van der Waals surface area contributed by atoms with E-state index in [0.29, 0.717) is 16.3 Å². The summed E-state index contributed by atoms with van der Waals surface area (Å²) in [5, 5.41) is 5.88. The Hall–Kier alpha value is -3.64. The normalized spacial score (nSPS) is 11.3. The maximum Gasteiger partial charge on any atom is 0.308 e. The standard InChI is InChI=1S/C25H23ClN2O4/c1-17-12-13-21(20(26)14-17)27-23(29)16-32-24(30)15-22(18-8-4-2-5-9-18)28-25(31)19-10-6-3-7-11-19/h2-14,22H,15-16H2,1H3,(H,27,29)(H,28,31). The smallest absolute Gasteiger partial charge is 0.308 e. The van der Waals surface area contributed by atoms with Crippen molar-refractivity contribution in [3.05, 3.63) is 101 Å². The average molecular weight is 451 g/mol. The molecule has 6 nitrogen and oxygen atoms in total. The van der Waals surface area contributed by atoms with E-state index in [0.717, 1.165) is 11.1 Å². The van der Waals surface area contributed by atoms with E-state index in [4.69, 9.17) is 16.3 Å². The summed E-state index contributed by atoms with van der Waals surface area (Å²) in [5.74, 6) is -1.43. The van der Waals surface area contributed by atoms with Crippen molar-refractivity contribution >= 4 is 35.1 Å². The van der Waals surface area contributed by atoms with Crippen LogP contribution >= 0.6 is 11.6 Å². The topological polar surface area (TPSA) is 84.5 Å². The molecule has 3 aromatic carbocycles. The second-order valence-corrected chi connectivity index (χ2v) is 7.61. The molecule has 0 aliphatic rings. The highest BCUT2D eigenvalue weighted by atomic mass is 35.5. The third-order valence-corrected chi connectivity index (χ3v) is 4.99. The number of benzene rings is 3. The molecule has 164 valence electrons. The van der Waals surface area contributed by atoms with E-state index in [-0.39, 0.29) is 12.3 Å². The van der Waals surface area contributed by atoms with Crippen molar-refractivity contribution in [3.8, 4) is 0 Å². The Morgan fingerprint density at radius 3 is 2.25 bits per heavy atom. The molecule has 0 radical (unpaired) electrons. The monoisotopic (exact) mass is 450 g/mol. The molecule has 1 unspecified atom stereocenters. The third-order valence-electron chi connectivity index (χ3n) is 4.68. The first kappa shape index (κ1) is 23.0. The van der Waals surface area contributed by atoms with Gasteiger partial charge in [-0.3, -0.25) is 14.4 Å². The number of carbonyl (C=O) groups excluding carboxylic acids is 3. The summed E-state index contributed by atoms with van der Waals surface area (Å²) in [6.45, 7) is 1.43. The number of anilines is 1. The Balaban J connectivity index is 1.59. The van der Waals surface area contributed by atoms with Crippen molar-refractivity contribution in [3.63, 3.8) is 0 Å². The molecule has 3 rings (SSSR count). The van der Waals surface area contributed by atoms with Crippen molar-refractivity contribution in [1.82, 2.24) is 5.32 Å². The van der Waals surface area contributed by atoms with Gasteiger partial charge in [-0.05, 0) is 42.3 Å². The van der Waals surface area contributed by atoms with E-state index in [9.17, 15) is 14.4 Å². The fourth-order valence-electron chi connectivity index (χ4n) is 3.05. The third kappa shape index (κ3) is 6.68. The van der Waals surface area contributed by atoms with Crippen molar-refractivity contribution in [2.24, 2.45) is 0 Å². The Morgan fingerprint density at radius 2 is 1.59 bits per heavy atom. The lowest BCUT2D eigenvalue weighted by Crippen LogP contribution is -2.31. The van der Waals surface area contributed by atoms with Gasteiger partial charge in [0, 0.05) is 5.56 Å². The van der Waals surface area contributed by atoms with Crippen LogP contribution in [0.3, 0.4) is 0 Å². The lowest BCUT2D eigenvalue weighted by Gasteiger charge is -2.19. The molecule has 0 aliphatic carbocycles. The zero-order chi connectivity index (χ0) is 22.9. The van der Waals surface area contributed by atoms with E-state index >= 15 is 0 Å². The maximum atomic E-state index is 12.6. The van der Waals surface area contributed by atoms with Crippen molar-refractivity contribution in [2.45, 2.75) is 19.4 Å². The molecule has 3 aromatic rings. The number of carbonyl (C=O) groups is 3. The number of rotatable bonds is 8. The molecule has 0 heterocycles. The number of esters is 1. The predicted molar refractivity (Wildman–Crippen MR) is 123 cm³/mol. The highest BCUT2D eigenvalue weighted by Gasteiger charge is 2.21. The summed E-state index contributed by atoms with van der Waals surface area (Å²) in [6.07, 6.45) is -0.124. The molecule has 1 atom stereocenters. The minimum atomic E-state index is -0.614. The van der Waals surface area contributed by atoms with Crippen LogP contribution in [0.15, 0.2) is 78.9 Å². The molecular formula is C25H23ClN2O4. The van der Waals surface area contributed by atoms with Crippen molar-refractivity contribution < 1.29 is 19.1 Å². The van der Waals surface area contributed by atoms with Gasteiger partial charge < -0.3 is 15.4 Å². The Labute approximate surface area is 191 Å². The van der Waals surface area contributed by atoms with Crippen LogP contribution in [0.2, 0.25) is 5.02 Å². The van der Waals surface area contributed by atoms with Crippen LogP contribution in [0.4, 0.5) is 5.69 Å². The number of hydrogen-bond acceptors (Lipinski definition) is 4. The Bertz CT molecular complexity index is 1090. The summed E-state index contributed by atoms with van der Waals surface area (Å²) in [7, 11) is 0. The molecule has 0 bridgehead atoms. The SMILES string of the molecule is Cc1ccc(NC(=O)COC(=O)CC(NC(=O)c2ccccc2)c2ccccc2)c(Cl)c1. The first-order chi connectivity index (χ1) is 15.4. The number of hydrogen-bond donors (Lipinski definition) is 2. The van der Waals surface area contributed by atoms with Gasteiger partial charge in [-0.2, -0.15) is 0 Å². The summed E-state index contributed by atoms with van der Waals surface area (Å²) < 4.78 is 5.13. The van der Waals surface area contributed by atoms with Crippen LogP contribution < -0.4 is 10.6 Å². The fraction of sp³-hybridized carbons (Fsp3) is 0.160. The fourth-order valence-corrected chi connectivity index (χ4v) is 3.33. The molecule has 7 heteroatoms. The van der Waals surface area contributed by atoms with Gasteiger partial charge in [0.2, 0.25) is 0 Å². The second-order valence-electron chi connectivity index (χ2n) is 7.20. The van der Waals surface area contributed by atoms with Gasteiger partial charge in [0.05, 0.1) is 23.2 Å². The Morgan fingerprint density at radius 1 is 0.938 bits per heavy atom. The molecule has 0 aliphatic heterocycles. The maximum absolute atomic E-state index is 12.6. The van der Waals surface area contributed by atoms with Crippen LogP contribution in [0, 0.1) is 6.92 Å². The second kappa shape index (κ2) is 11.1. The summed E-state index contributed by atoms with van der Waals surface area (Å²) in [4.78, 5) is 37.2. The molecule has 0 saturated heterocycles. The largest absolute Gasteiger partial charge is 0.455 e. The number of ether oxygens (including phenoxy) is 1. The number of nitrogens with one attached hydrogen (secondary N) is 2. The van der Waals surface area contributed by atoms with E-state index in [1.54, 1.807) is 36.4 Å². The molecule has 0 spiro atoms. The lowest BCUT2D eigenvalue weighted by molar-refractivity contribution is -0.147. The molecule has 0 saturated carbocycles. The quantitative estimate of drug-likeness (QED) is 0.487. The van der Waals surface area contributed by atoms with Crippen molar-refractivity contribution in [1.29, 1.82) is 0 Å². The van der Waals surface area contributed by atoms with Gasteiger partial charge in [-0.15, -0.1) is 0 Å². The van der Waals surface area contributed by atoms with Crippen LogP contribution in [-0.2, 0) is 14.3 Å². The van der Waals surface area contributed by atoms with Crippen LogP contribution in [0.1, 0.15) is 33.9 Å².